The fraction of sp³-hybridized carbons (Fsp3) is 0.667. The molecule has 0 fully saturated rings. The van der Waals surface area contributed by atoms with E-state index in [9.17, 15) is 9.90 Å². The van der Waals surface area contributed by atoms with Crippen molar-refractivity contribution in [3.8, 4) is 0 Å². The van der Waals surface area contributed by atoms with Gasteiger partial charge in [0.05, 0.1) is 18.4 Å². The highest BCUT2D eigenvalue weighted by Crippen LogP contribution is 2.16. The molecule has 0 radical (unpaired) electrons. The van der Waals surface area contributed by atoms with Gasteiger partial charge in [0.15, 0.2) is 0 Å². The van der Waals surface area contributed by atoms with Gasteiger partial charge in [0.1, 0.15) is 11.3 Å². The van der Waals surface area contributed by atoms with E-state index in [0.717, 1.165) is 0 Å². The molecule has 1 aromatic heterocycles. The topological polar surface area (TPSA) is 75.8 Å². The van der Waals surface area contributed by atoms with Crippen LogP contribution in [-0.2, 0) is 11.2 Å². The van der Waals surface area contributed by atoms with Crippen LogP contribution in [0.15, 0.2) is 4.52 Å². The van der Waals surface area contributed by atoms with Gasteiger partial charge in [0, 0.05) is 20.7 Å². The zero-order valence-corrected chi connectivity index (χ0v) is 11.3. The largest absolute Gasteiger partial charge is 0.389 e. The SMILES string of the molecule is CCc1noc(C)c1C(=O)N(C)CC(O)COC. The summed E-state index contributed by atoms with van der Waals surface area (Å²) >= 11 is 0. The molecule has 1 amide bonds. The van der Waals surface area contributed by atoms with Crippen LogP contribution in [0.2, 0.25) is 0 Å². The number of aryl methyl sites for hydroxylation is 2. The van der Waals surface area contributed by atoms with Crippen molar-refractivity contribution < 1.29 is 19.2 Å². The molecule has 6 heteroatoms. The maximum atomic E-state index is 12.2. The molecule has 0 bridgehead atoms. The van der Waals surface area contributed by atoms with E-state index in [4.69, 9.17) is 9.26 Å². The molecule has 1 unspecified atom stereocenters. The molecule has 1 heterocycles. The summed E-state index contributed by atoms with van der Waals surface area (Å²) in [5.41, 5.74) is 1.13. The lowest BCUT2D eigenvalue weighted by Crippen LogP contribution is -2.36. The maximum absolute atomic E-state index is 12.2. The van der Waals surface area contributed by atoms with Crippen molar-refractivity contribution >= 4 is 5.91 Å². The summed E-state index contributed by atoms with van der Waals surface area (Å²) in [6.07, 6.45) is -0.0680. The second-order valence-electron chi connectivity index (χ2n) is 4.21. The van der Waals surface area contributed by atoms with E-state index in [1.54, 1.807) is 14.0 Å². The Morgan fingerprint density at radius 2 is 2.28 bits per heavy atom. The van der Waals surface area contributed by atoms with Crippen molar-refractivity contribution in [3.05, 3.63) is 17.0 Å². The number of ether oxygens (including phenoxy) is 1. The number of aromatic nitrogens is 1. The summed E-state index contributed by atoms with van der Waals surface area (Å²) in [7, 11) is 3.14. The van der Waals surface area contributed by atoms with Gasteiger partial charge >= 0.3 is 0 Å². The monoisotopic (exact) mass is 256 g/mol. The fourth-order valence-electron chi connectivity index (χ4n) is 1.77. The number of methoxy groups -OCH3 is 1. The van der Waals surface area contributed by atoms with Crippen molar-refractivity contribution in [2.75, 3.05) is 27.3 Å². The molecule has 18 heavy (non-hydrogen) atoms. The lowest BCUT2D eigenvalue weighted by Gasteiger charge is -2.20. The molecule has 0 aliphatic carbocycles. The number of amides is 1. The van der Waals surface area contributed by atoms with Crippen LogP contribution in [0.25, 0.3) is 0 Å². The maximum Gasteiger partial charge on any atom is 0.259 e. The van der Waals surface area contributed by atoms with Crippen LogP contribution in [0.5, 0.6) is 0 Å². The van der Waals surface area contributed by atoms with Gasteiger partial charge in [-0.05, 0) is 13.3 Å². The van der Waals surface area contributed by atoms with E-state index in [0.29, 0.717) is 23.4 Å². The van der Waals surface area contributed by atoms with Crippen LogP contribution in [-0.4, -0.2) is 54.5 Å². The number of likely N-dealkylation sites (N-methyl/N-ethyl adjacent to an activating group) is 1. The van der Waals surface area contributed by atoms with Gasteiger partial charge in [-0.3, -0.25) is 4.79 Å². The minimum absolute atomic E-state index is 0.194. The number of carbonyl (C=O) groups is 1. The van der Waals surface area contributed by atoms with Crippen molar-refractivity contribution in [1.82, 2.24) is 10.1 Å². The zero-order valence-electron chi connectivity index (χ0n) is 11.3. The van der Waals surface area contributed by atoms with E-state index in [2.05, 4.69) is 5.16 Å². The number of hydrogen-bond acceptors (Lipinski definition) is 5. The highest BCUT2D eigenvalue weighted by molar-refractivity contribution is 5.96. The van der Waals surface area contributed by atoms with E-state index in [1.165, 1.54) is 12.0 Å². The quantitative estimate of drug-likeness (QED) is 0.807. The van der Waals surface area contributed by atoms with Gasteiger partial charge in [0.2, 0.25) is 0 Å². The third kappa shape index (κ3) is 3.30. The summed E-state index contributed by atoms with van der Waals surface area (Å²) in [5, 5.41) is 13.4. The highest BCUT2D eigenvalue weighted by atomic mass is 16.5. The number of aliphatic hydroxyl groups is 1. The van der Waals surface area contributed by atoms with Crippen LogP contribution in [0.4, 0.5) is 0 Å². The second kappa shape index (κ2) is 6.51. The van der Waals surface area contributed by atoms with Gasteiger partial charge < -0.3 is 19.3 Å². The smallest absolute Gasteiger partial charge is 0.259 e. The van der Waals surface area contributed by atoms with Crippen molar-refractivity contribution in [2.45, 2.75) is 26.4 Å². The Morgan fingerprint density at radius 3 is 2.83 bits per heavy atom. The third-order valence-electron chi connectivity index (χ3n) is 2.67. The Labute approximate surface area is 107 Å². The Balaban J connectivity index is 2.77. The molecule has 1 rings (SSSR count). The van der Waals surface area contributed by atoms with Crippen LogP contribution in [0.1, 0.15) is 28.7 Å². The summed E-state index contributed by atoms with van der Waals surface area (Å²) < 4.78 is 9.85. The van der Waals surface area contributed by atoms with E-state index < -0.39 is 6.10 Å². The van der Waals surface area contributed by atoms with Crippen molar-refractivity contribution in [1.29, 1.82) is 0 Å². The van der Waals surface area contributed by atoms with Gasteiger partial charge in [-0.2, -0.15) is 0 Å². The summed E-state index contributed by atoms with van der Waals surface area (Å²) in [4.78, 5) is 13.7. The number of rotatable bonds is 6. The lowest BCUT2D eigenvalue weighted by molar-refractivity contribution is 0.0379. The molecule has 0 spiro atoms. The Kier molecular flexibility index (Phi) is 5.30. The first kappa shape index (κ1) is 14.7. The van der Waals surface area contributed by atoms with Crippen LogP contribution >= 0.6 is 0 Å². The molecule has 0 saturated carbocycles. The average molecular weight is 256 g/mol. The van der Waals surface area contributed by atoms with E-state index in [-0.39, 0.29) is 19.1 Å². The summed E-state index contributed by atoms with van der Waals surface area (Å²) in [6, 6.07) is 0. The van der Waals surface area contributed by atoms with Gasteiger partial charge in [0.25, 0.3) is 5.91 Å². The molecule has 1 N–H and O–H groups in total. The Morgan fingerprint density at radius 1 is 1.61 bits per heavy atom. The average Bonchev–Trinajstić information content (AvgIpc) is 2.69. The van der Waals surface area contributed by atoms with Gasteiger partial charge in [-0.15, -0.1) is 0 Å². The standard InChI is InChI=1S/C12H20N2O4/c1-5-10-11(8(2)18-13-10)12(16)14(3)6-9(15)7-17-4/h9,15H,5-7H2,1-4H3. The first-order chi connectivity index (χ1) is 8.51. The predicted molar refractivity (Wildman–Crippen MR) is 65.5 cm³/mol. The molecular formula is C12H20N2O4. The third-order valence-corrected chi connectivity index (χ3v) is 2.67. The normalized spacial score (nSPS) is 12.5. The second-order valence-corrected chi connectivity index (χ2v) is 4.21. The first-order valence-corrected chi connectivity index (χ1v) is 5.88. The van der Waals surface area contributed by atoms with Crippen molar-refractivity contribution in [2.24, 2.45) is 0 Å². The molecule has 6 nitrogen and oxygen atoms in total. The molecule has 1 aromatic rings. The first-order valence-electron chi connectivity index (χ1n) is 5.88. The van der Waals surface area contributed by atoms with Gasteiger partial charge in [-0.1, -0.05) is 12.1 Å². The number of carbonyl (C=O) groups excluding carboxylic acids is 1. The molecule has 102 valence electrons. The molecule has 0 aliphatic rings. The molecule has 1 atom stereocenters. The van der Waals surface area contributed by atoms with E-state index >= 15 is 0 Å². The van der Waals surface area contributed by atoms with E-state index in [1.807, 2.05) is 6.92 Å². The lowest BCUT2D eigenvalue weighted by atomic mass is 10.1. The molecular weight excluding hydrogens is 236 g/mol. The Hall–Kier alpha value is -1.40. The number of nitrogens with zero attached hydrogens (tertiary/aromatic N) is 2. The summed E-state index contributed by atoms with van der Waals surface area (Å²) in [6.45, 7) is 4.02. The van der Waals surface area contributed by atoms with Crippen molar-refractivity contribution in [3.63, 3.8) is 0 Å². The minimum atomic E-state index is -0.700. The van der Waals surface area contributed by atoms with Crippen LogP contribution in [0.3, 0.4) is 0 Å². The zero-order chi connectivity index (χ0) is 13.7. The molecule has 0 aromatic carbocycles. The highest BCUT2D eigenvalue weighted by Gasteiger charge is 2.23. The fourth-order valence-corrected chi connectivity index (χ4v) is 1.77. The number of hydrogen-bond donors (Lipinski definition) is 1. The predicted octanol–water partition coefficient (Wildman–Crippen LogP) is 0.625. The molecule has 0 aliphatic heterocycles. The Bertz CT molecular complexity index is 403. The molecule has 0 saturated heterocycles. The summed E-state index contributed by atoms with van der Waals surface area (Å²) in [5.74, 6) is 0.311. The minimum Gasteiger partial charge on any atom is -0.389 e. The van der Waals surface area contributed by atoms with Crippen LogP contribution < -0.4 is 0 Å². The van der Waals surface area contributed by atoms with Gasteiger partial charge in [-0.25, -0.2) is 0 Å². The van der Waals surface area contributed by atoms with Crippen LogP contribution in [0, 0.1) is 6.92 Å². The number of aliphatic hydroxyl groups excluding tert-OH is 1.